The topological polar surface area (TPSA) is 29.5 Å². The summed E-state index contributed by atoms with van der Waals surface area (Å²) in [5.41, 5.74) is 1.16. The van der Waals surface area contributed by atoms with Gasteiger partial charge >= 0.3 is 6.09 Å². The number of ether oxygens (including phenoxy) is 1. The van der Waals surface area contributed by atoms with Crippen LogP contribution in [-0.2, 0) is 11.3 Å². The molecule has 0 radical (unpaired) electrons. The minimum atomic E-state index is -0.235. The van der Waals surface area contributed by atoms with E-state index in [1.807, 2.05) is 30.7 Å². The smallest absolute Gasteiger partial charge is 0.410 e. The van der Waals surface area contributed by atoms with E-state index in [4.69, 9.17) is 4.74 Å². The summed E-state index contributed by atoms with van der Waals surface area (Å²) in [6.07, 6.45) is -0.235. The van der Waals surface area contributed by atoms with Crippen LogP contribution in [0, 0.1) is 0 Å². The zero-order valence-corrected chi connectivity index (χ0v) is 9.34. The first kappa shape index (κ1) is 11.0. The van der Waals surface area contributed by atoms with Gasteiger partial charge < -0.3 is 9.64 Å². The predicted octanol–water partition coefficient (Wildman–Crippen LogP) is 2.73. The van der Waals surface area contributed by atoms with Gasteiger partial charge in [0.1, 0.15) is 0 Å². The third kappa shape index (κ3) is 3.03. The molecule has 4 heteroatoms. The van der Waals surface area contributed by atoms with Gasteiger partial charge in [-0.15, -0.1) is 0 Å². The van der Waals surface area contributed by atoms with Crippen molar-refractivity contribution in [1.29, 1.82) is 0 Å². The molecule has 0 bridgehead atoms. The molecule has 0 fully saturated rings. The first-order valence-corrected chi connectivity index (χ1v) is 5.65. The largest absolute Gasteiger partial charge is 0.450 e. The van der Waals surface area contributed by atoms with Gasteiger partial charge in [-0.1, -0.05) is 0 Å². The van der Waals surface area contributed by atoms with Crippen molar-refractivity contribution in [3.05, 3.63) is 22.4 Å². The molecule has 78 valence electrons. The SMILES string of the molecule is CCOC(=O)N(CC)Cc1ccsc1. The predicted molar refractivity (Wildman–Crippen MR) is 57.4 cm³/mol. The molecule has 0 saturated carbocycles. The number of nitrogens with zero attached hydrogens (tertiary/aromatic N) is 1. The van der Waals surface area contributed by atoms with E-state index in [0.29, 0.717) is 19.7 Å². The van der Waals surface area contributed by atoms with Gasteiger partial charge in [0.2, 0.25) is 0 Å². The van der Waals surface area contributed by atoms with E-state index in [9.17, 15) is 4.79 Å². The van der Waals surface area contributed by atoms with E-state index in [1.165, 1.54) is 0 Å². The van der Waals surface area contributed by atoms with Gasteiger partial charge in [0.05, 0.1) is 6.61 Å². The van der Waals surface area contributed by atoms with Crippen LogP contribution in [0.3, 0.4) is 0 Å². The zero-order valence-electron chi connectivity index (χ0n) is 8.53. The van der Waals surface area contributed by atoms with Crippen molar-refractivity contribution in [3.8, 4) is 0 Å². The van der Waals surface area contributed by atoms with Gasteiger partial charge in [-0.05, 0) is 36.2 Å². The fraction of sp³-hybridized carbons (Fsp3) is 0.500. The van der Waals surface area contributed by atoms with Gasteiger partial charge in [0.15, 0.2) is 0 Å². The molecule has 0 aliphatic rings. The summed E-state index contributed by atoms with van der Waals surface area (Å²) in [6, 6.07) is 2.02. The first-order chi connectivity index (χ1) is 6.77. The summed E-state index contributed by atoms with van der Waals surface area (Å²) in [6.45, 7) is 5.51. The van der Waals surface area contributed by atoms with Crippen molar-refractivity contribution in [2.75, 3.05) is 13.2 Å². The Morgan fingerprint density at radius 2 is 2.36 bits per heavy atom. The molecule has 3 nitrogen and oxygen atoms in total. The Morgan fingerprint density at radius 3 is 2.86 bits per heavy atom. The molecule has 0 atom stereocenters. The van der Waals surface area contributed by atoms with Crippen molar-refractivity contribution in [1.82, 2.24) is 4.90 Å². The molecular formula is C10H15NO2S. The van der Waals surface area contributed by atoms with E-state index in [0.717, 1.165) is 5.56 Å². The van der Waals surface area contributed by atoms with Crippen LogP contribution in [0.4, 0.5) is 4.79 Å². The third-order valence-corrected chi connectivity index (χ3v) is 2.59. The Balaban J connectivity index is 2.50. The van der Waals surface area contributed by atoms with Crippen molar-refractivity contribution in [3.63, 3.8) is 0 Å². The number of hydrogen-bond donors (Lipinski definition) is 0. The second-order valence-corrected chi connectivity index (χ2v) is 3.62. The quantitative estimate of drug-likeness (QED) is 0.769. The average molecular weight is 213 g/mol. The summed E-state index contributed by atoms with van der Waals surface area (Å²) in [5.74, 6) is 0. The van der Waals surface area contributed by atoms with Gasteiger partial charge in [-0.25, -0.2) is 4.79 Å². The molecule has 14 heavy (non-hydrogen) atoms. The molecular weight excluding hydrogens is 198 g/mol. The van der Waals surface area contributed by atoms with E-state index in [2.05, 4.69) is 0 Å². The second kappa shape index (κ2) is 5.65. The molecule has 1 aromatic heterocycles. The van der Waals surface area contributed by atoms with Gasteiger partial charge in [-0.2, -0.15) is 11.3 Å². The number of amides is 1. The van der Waals surface area contributed by atoms with Crippen molar-refractivity contribution in [2.45, 2.75) is 20.4 Å². The highest BCUT2D eigenvalue weighted by Crippen LogP contribution is 2.10. The lowest BCUT2D eigenvalue weighted by molar-refractivity contribution is 0.107. The van der Waals surface area contributed by atoms with E-state index < -0.39 is 0 Å². The number of carbonyl (C=O) groups excluding carboxylic acids is 1. The monoisotopic (exact) mass is 213 g/mol. The Hall–Kier alpha value is -1.03. The normalized spacial score (nSPS) is 9.86. The summed E-state index contributed by atoms with van der Waals surface area (Å²) in [5, 5.41) is 4.05. The van der Waals surface area contributed by atoms with Gasteiger partial charge in [0, 0.05) is 13.1 Å². The molecule has 1 rings (SSSR count). The summed E-state index contributed by atoms with van der Waals surface area (Å²) in [4.78, 5) is 13.1. The van der Waals surface area contributed by atoms with Crippen molar-refractivity contribution >= 4 is 17.4 Å². The van der Waals surface area contributed by atoms with Crippen molar-refractivity contribution < 1.29 is 9.53 Å². The number of carbonyl (C=O) groups is 1. The van der Waals surface area contributed by atoms with Crippen LogP contribution >= 0.6 is 11.3 Å². The maximum atomic E-state index is 11.4. The zero-order chi connectivity index (χ0) is 10.4. The standard InChI is InChI=1S/C10H15NO2S/c1-3-11(10(12)13-4-2)7-9-5-6-14-8-9/h5-6,8H,3-4,7H2,1-2H3. The third-order valence-electron chi connectivity index (χ3n) is 1.86. The van der Waals surface area contributed by atoms with Crippen LogP contribution < -0.4 is 0 Å². The summed E-state index contributed by atoms with van der Waals surface area (Å²) >= 11 is 1.64. The second-order valence-electron chi connectivity index (χ2n) is 2.84. The molecule has 0 unspecified atom stereocenters. The van der Waals surface area contributed by atoms with Crippen molar-refractivity contribution in [2.24, 2.45) is 0 Å². The van der Waals surface area contributed by atoms with Crippen LogP contribution in [0.5, 0.6) is 0 Å². The fourth-order valence-corrected chi connectivity index (χ4v) is 1.78. The van der Waals surface area contributed by atoms with Gasteiger partial charge in [0.25, 0.3) is 0 Å². The maximum Gasteiger partial charge on any atom is 0.410 e. The highest BCUT2D eigenvalue weighted by atomic mass is 32.1. The van der Waals surface area contributed by atoms with E-state index in [1.54, 1.807) is 16.2 Å². The fourth-order valence-electron chi connectivity index (χ4n) is 1.12. The van der Waals surface area contributed by atoms with Crippen LogP contribution in [-0.4, -0.2) is 24.1 Å². The minimum Gasteiger partial charge on any atom is -0.450 e. The number of rotatable bonds is 4. The van der Waals surface area contributed by atoms with Gasteiger partial charge in [-0.3, -0.25) is 0 Å². The molecule has 0 aliphatic heterocycles. The summed E-state index contributed by atoms with van der Waals surface area (Å²) in [7, 11) is 0. The highest BCUT2D eigenvalue weighted by Gasteiger charge is 2.12. The van der Waals surface area contributed by atoms with Crippen LogP contribution in [0.2, 0.25) is 0 Å². The maximum absolute atomic E-state index is 11.4. The molecule has 0 N–H and O–H groups in total. The molecule has 0 saturated heterocycles. The van der Waals surface area contributed by atoms with E-state index in [-0.39, 0.29) is 6.09 Å². The lowest BCUT2D eigenvalue weighted by atomic mass is 10.3. The summed E-state index contributed by atoms with van der Waals surface area (Å²) < 4.78 is 4.93. The molecule has 1 aromatic rings. The first-order valence-electron chi connectivity index (χ1n) is 4.70. The van der Waals surface area contributed by atoms with Crippen LogP contribution in [0.15, 0.2) is 16.8 Å². The Labute approximate surface area is 88.3 Å². The minimum absolute atomic E-state index is 0.235. The molecule has 0 aromatic carbocycles. The lowest BCUT2D eigenvalue weighted by Gasteiger charge is -2.19. The van der Waals surface area contributed by atoms with Crippen LogP contribution in [0.1, 0.15) is 19.4 Å². The van der Waals surface area contributed by atoms with Crippen LogP contribution in [0.25, 0.3) is 0 Å². The Kier molecular flexibility index (Phi) is 4.46. The average Bonchev–Trinajstić information content (AvgIpc) is 2.66. The molecule has 0 aliphatic carbocycles. The lowest BCUT2D eigenvalue weighted by Crippen LogP contribution is -2.30. The number of thiophene rings is 1. The van der Waals surface area contributed by atoms with E-state index >= 15 is 0 Å². The molecule has 0 spiro atoms. The number of hydrogen-bond acceptors (Lipinski definition) is 3. The Morgan fingerprint density at radius 1 is 1.57 bits per heavy atom. The Bertz CT molecular complexity index is 272. The molecule has 1 heterocycles. The molecule has 1 amide bonds. The highest BCUT2D eigenvalue weighted by molar-refractivity contribution is 7.07.